The second-order valence-electron chi connectivity index (χ2n) is 10.7. The molecule has 178 valence electrons. The van der Waals surface area contributed by atoms with Crippen LogP contribution in [0.5, 0.6) is 0 Å². The van der Waals surface area contributed by atoms with Crippen LogP contribution in [0.2, 0.25) is 18.1 Å². The van der Waals surface area contributed by atoms with Crippen molar-refractivity contribution in [2.24, 2.45) is 0 Å². The topological polar surface area (TPSA) is 84.9 Å². The lowest BCUT2D eigenvalue weighted by Crippen LogP contribution is -2.60. The Kier molecular flexibility index (Phi) is 6.78. The van der Waals surface area contributed by atoms with Crippen LogP contribution in [-0.2, 0) is 14.0 Å². The van der Waals surface area contributed by atoms with E-state index in [1.54, 1.807) is 13.8 Å². The summed E-state index contributed by atoms with van der Waals surface area (Å²) in [4.78, 5) is 24.8. The van der Waals surface area contributed by atoms with Gasteiger partial charge in [-0.25, -0.2) is 9.59 Å². The fourth-order valence-corrected chi connectivity index (χ4v) is 5.90. The molecule has 2 aromatic rings. The van der Waals surface area contributed by atoms with Crippen LogP contribution >= 0.6 is 0 Å². The van der Waals surface area contributed by atoms with Gasteiger partial charge in [0.1, 0.15) is 6.61 Å². The summed E-state index contributed by atoms with van der Waals surface area (Å²) in [6.07, 6.45) is -0.767. The van der Waals surface area contributed by atoms with E-state index in [0.29, 0.717) is 0 Å². The van der Waals surface area contributed by atoms with Gasteiger partial charge >= 0.3 is 12.1 Å². The van der Waals surface area contributed by atoms with Crippen molar-refractivity contribution in [1.29, 1.82) is 0 Å². The van der Waals surface area contributed by atoms with Gasteiger partial charge in [0.25, 0.3) is 0 Å². The normalized spacial score (nSPS) is 14.9. The number of aliphatic carboxylic acids is 1. The predicted molar refractivity (Wildman–Crippen MR) is 132 cm³/mol. The van der Waals surface area contributed by atoms with Crippen molar-refractivity contribution in [2.75, 3.05) is 6.61 Å². The fourth-order valence-electron chi connectivity index (χ4n) is 4.16. The van der Waals surface area contributed by atoms with Gasteiger partial charge in [-0.15, -0.1) is 0 Å². The molecule has 2 N–H and O–H groups in total. The molecule has 0 aliphatic heterocycles. The molecule has 33 heavy (non-hydrogen) atoms. The van der Waals surface area contributed by atoms with Crippen molar-refractivity contribution >= 4 is 20.4 Å². The third kappa shape index (κ3) is 5.14. The SMILES string of the molecule is CC(C)(O[Si](C)(C)C(C)(C)C)C(NC(=O)OCC1c2ccccc2-c2ccccc21)C(=O)O. The Bertz CT molecular complexity index is 995. The second-order valence-corrected chi connectivity index (χ2v) is 15.4. The number of benzene rings is 2. The average Bonchev–Trinajstić information content (AvgIpc) is 3.02. The molecular weight excluding hydrogens is 434 g/mol. The summed E-state index contributed by atoms with van der Waals surface area (Å²) in [5.74, 6) is -1.25. The summed E-state index contributed by atoms with van der Waals surface area (Å²) in [7, 11) is -2.27. The number of nitrogens with one attached hydrogen (secondary N) is 1. The van der Waals surface area contributed by atoms with Crippen molar-refractivity contribution in [3.8, 4) is 11.1 Å². The van der Waals surface area contributed by atoms with Crippen molar-refractivity contribution in [1.82, 2.24) is 5.32 Å². The van der Waals surface area contributed by atoms with E-state index in [4.69, 9.17) is 9.16 Å². The summed E-state index contributed by atoms with van der Waals surface area (Å²) in [5, 5.41) is 12.3. The number of alkyl carbamates (subject to hydrolysis) is 1. The number of carbonyl (C=O) groups is 2. The quantitative estimate of drug-likeness (QED) is 0.502. The van der Waals surface area contributed by atoms with E-state index in [2.05, 4.69) is 51.3 Å². The summed E-state index contributed by atoms with van der Waals surface area (Å²) in [6, 6.07) is 14.9. The van der Waals surface area contributed by atoms with E-state index < -0.39 is 32.0 Å². The number of carbonyl (C=O) groups excluding carboxylic acids is 1. The molecule has 1 amide bonds. The van der Waals surface area contributed by atoms with Gasteiger partial charge < -0.3 is 19.6 Å². The van der Waals surface area contributed by atoms with Gasteiger partial charge in [-0.3, -0.25) is 0 Å². The number of hydrogen-bond donors (Lipinski definition) is 2. The summed E-state index contributed by atoms with van der Waals surface area (Å²) in [6.45, 7) is 13.9. The second kappa shape index (κ2) is 8.95. The van der Waals surface area contributed by atoms with E-state index >= 15 is 0 Å². The highest BCUT2D eigenvalue weighted by Gasteiger charge is 2.47. The van der Waals surface area contributed by atoms with Crippen molar-refractivity contribution < 1.29 is 23.9 Å². The van der Waals surface area contributed by atoms with Gasteiger partial charge in [-0.05, 0) is 54.2 Å². The molecule has 1 atom stereocenters. The van der Waals surface area contributed by atoms with Gasteiger partial charge in [0.05, 0.1) is 5.60 Å². The van der Waals surface area contributed by atoms with Crippen LogP contribution in [0, 0.1) is 0 Å². The third-order valence-corrected chi connectivity index (χ3v) is 11.5. The Labute approximate surface area is 197 Å². The van der Waals surface area contributed by atoms with Crippen LogP contribution in [-0.4, -0.2) is 43.7 Å². The minimum Gasteiger partial charge on any atom is -0.480 e. The molecule has 0 saturated heterocycles. The highest BCUT2D eigenvalue weighted by Crippen LogP contribution is 2.44. The van der Waals surface area contributed by atoms with Gasteiger partial charge in [0, 0.05) is 5.92 Å². The van der Waals surface area contributed by atoms with Gasteiger partial charge in [0.2, 0.25) is 0 Å². The molecule has 0 aromatic heterocycles. The number of rotatable bonds is 7. The average molecular weight is 470 g/mol. The highest BCUT2D eigenvalue weighted by molar-refractivity contribution is 6.74. The Balaban J connectivity index is 1.72. The minimum atomic E-state index is -2.27. The highest BCUT2D eigenvalue weighted by atomic mass is 28.4. The van der Waals surface area contributed by atoms with Crippen molar-refractivity contribution in [3.05, 3.63) is 59.7 Å². The smallest absolute Gasteiger partial charge is 0.407 e. The predicted octanol–water partition coefficient (Wildman–Crippen LogP) is 5.78. The summed E-state index contributed by atoms with van der Waals surface area (Å²) >= 11 is 0. The van der Waals surface area contributed by atoms with E-state index in [1.807, 2.05) is 36.4 Å². The molecule has 0 fully saturated rings. The molecule has 0 bridgehead atoms. The van der Waals surface area contributed by atoms with Crippen LogP contribution in [0.1, 0.15) is 51.7 Å². The maximum atomic E-state index is 12.7. The zero-order valence-corrected chi connectivity index (χ0v) is 21.6. The van der Waals surface area contributed by atoms with Gasteiger partial charge in [0.15, 0.2) is 14.4 Å². The fraction of sp³-hybridized carbons (Fsp3) is 0.462. The van der Waals surface area contributed by atoms with Gasteiger partial charge in [-0.1, -0.05) is 69.3 Å². The van der Waals surface area contributed by atoms with Crippen LogP contribution in [0.25, 0.3) is 11.1 Å². The third-order valence-electron chi connectivity index (χ3n) is 6.87. The Morgan fingerprint density at radius 1 is 0.970 bits per heavy atom. The molecule has 0 saturated carbocycles. The van der Waals surface area contributed by atoms with E-state index in [9.17, 15) is 14.7 Å². The standard InChI is InChI=1S/C26H35NO5Si/c1-25(2,3)33(6,7)32-26(4,5)22(23(28)29)27-24(30)31-16-21-19-14-10-8-12-17(19)18-13-9-11-15-20(18)21/h8-15,21-22H,16H2,1-7H3,(H,27,30)(H,28,29). The molecule has 1 unspecified atom stereocenters. The monoisotopic (exact) mass is 469 g/mol. The molecule has 6 nitrogen and oxygen atoms in total. The summed E-state index contributed by atoms with van der Waals surface area (Å²) in [5.41, 5.74) is 3.36. The lowest BCUT2D eigenvalue weighted by molar-refractivity contribution is -0.144. The van der Waals surface area contributed by atoms with Crippen molar-refractivity contribution in [2.45, 2.75) is 70.3 Å². The van der Waals surface area contributed by atoms with Crippen LogP contribution in [0.15, 0.2) is 48.5 Å². The molecule has 1 aliphatic carbocycles. The Hall–Kier alpha value is -2.64. The molecule has 1 aliphatic rings. The summed E-state index contributed by atoms with van der Waals surface area (Å²) < 4.78 is 11.9. The van der Waals surface area contributed by atoms with Gasteiger partial charge in [-0.2, -0.15) is 0 Å². The first-order valence-corrected chi connectivity index (χ1v) is 14.2. The number of hydrogen-bond acceptors (Lipinski definition) is 4. The van der Waals surface area contributed by atoms with E-state index in [1.165, 1.54) is 0 Å². The lowest BCUT2D eigenvalue weighted by atomic mass is 9.98. The zero-order valence-electron chi connectivity index (χ0n) is 20.6. The lowest BCUT2D eigenvalue weighted by Gasteiger charge is -2.44. The first kappa shape index (κ1) is 25.0. The zero-order chi connectivity index (χ0) is 24.6. The number of carboxylic acids is 1. The number of fused-ring (bicyclic) bond motifs is 3. The molecule has 7 heteroatoms. The maximum absolute atomic E-state index is 12.7. The Morgan fingerprint density at radius 2 is 1.45 bits per heavy atom. The first-order valence-electron chi connectivity index (χ1n) is 11.3. The maximum Gasteiger partial charge on any atom is 0.407 e. The van der Waals surface area contributed by atoms with E-state index in [0.717, 1.165) is 22.3 Å². The number of ether oxygens (including phenoxy) is 1. The molecule has 3 rings (SSSR count). The molecule has 0 heterocycles. The largest absolute Gasteiger partial charge is 0.480 e. The Morgan fingerprint density at radius 3 is 1.91 bits per heavy atom. The van der Waals surface area contributed by atoms with Crippen molar-refractivity contribution in [3.63, 3.8) is 0 Å². The molecular formula is C26H35NO5Si. The van der Waals surface area contributed by atoms with Crippen LogP contribution in [0.3, 0.4) is 0 Å². The van der Waals surface area contributed by atoms with Crippen LogP contribution in [0.4, 0.5) is 4.79 Å². The van der Waals surface area contributed by atoms with Crippen LogP contribution < -0.4 is 5.32 Å². The van der Waals surface area contributed by atoms with E-state index in [-0.39, 0.29) is 17.6 Å². The number of carboxylic acid groups (broad SMARTS) is 1. The molecule has 0 spiro atoms. The molecule has 0 radical (unpaired) electrons. The first-order chi connectivity index (χ1) is 15.2. The molecule has 2 aromatic carbocycles. The minimum absolute atomic E-state index is 0.0945. The number of amides is 1.